The summed E-state index contributed by atoms with van der Waals surface area (Å²) < 4.78 is 5.58. The van der Waals surface area contributed by atoms with Crippen LogP contribution in [-0.4, -0.2) is 66.5 Å². The highest BCUT2D eigenvalue weighted by molar-refractivity contribution is 6.05. The minimum absolute atomic E-state index is 0.00197. The normalized spacial score (nSPS) is 30.0. The van der Waals surface area contributed by atoms with Gasteiger partial charge in [0.25, 0.3) is 5.91 Å². The molecule has 2 aromatic heterocycles. The Morgan fingerprint density at radius 2 is 2.14 bits per heavy atom. The molecule has 4 fully saturated rings. The van der Waals surface area contributed by atoms with E-state index in [1.807, 2.05) is 0 Å². The zero-order valence-corrected chi connectivity index (χ0v) is 16.0. The van der Waals surface area contributed by atoms with Crippen LogP contribution in [-0.2, 0) is 4.79 Å². The average molecular weight is 383 g/mol. The van der Waals surface area contributed by atoms with Crippen LogP contribution >= 0.6 is 0 Å². The van der Waals surface area contributed by atoms with Crippen LogP contribution in [0, 0.1) is 5.92 Å². The topological polar surface area (TPSA) is 90.7 Å². The molecule has 2 aromatic rings. The van der Waals surface area contributed by atoms with Crippen molar-refractivity contribution >= 4 is 28.5 Å². The summed E-state index contributed by atoms with van der Waals surface area (Å²) in [4.78, 5) is 33.6. The molecule has 6 rings (SSSR count). The molecular weight excluding hydrogens is 358 g/mol. The Kier molecular flexibility index (Phi) is 4.32. The lowest BCUT2D eigenvalue weighted by molar-refractivity contribution is -0.118. The molecule has 28 heavy (non-hydrogen) atoms. The van der Waals surface area contributed by atoms with Crippen molar-refractivity contribution in [3.8, 4) is 0 Å². The number of aromatic nitrogens is 1. The molecule has 2 bridgehead atoms. The van der Waals surface area contributed by atoms with Crippen molar-refractivity contribution in [3.05, 3.63) is 24.2 Å². The number of nitrogens with zero attached hydrogens (tertiary/aromatic N) is 3. The molecule has 0 aliphatic carbocycles. The Balaban J connectivity index is 1.40. The number of piperidine rings is 3. The van der Waals surface area contributed by atoms with E-state index in [2.05, 4.69) is 27.4 Å². The molecule has 2 N–H and O–H groups in total. The Bertz CT molecular complexity index is 916. The van der Waals surface area contributed by atoms with E-state index >= 15 is 0 Å². The Morgan fingerprint density at radius 3 is 2.89 bits per heavy atom. The molecule has 8 nitrogen and oxygen atoms in total. The van der Waals surface area contributed by atoms with Gasteiger partial charge in [0, 0.05) is 30.6 Å². The molecule has 4 aliphatic heterocycles. The number of amides is 2. The molecule has 4 aliphatic rings. The first-order chi connectivity index (χ1) is 13.6. The number of nitrogens with one attached hydrogen (secondary N) is 2. The third-order valence-corrected chi connectivity index (χ3v) is 6.53. The van der Waals surface area contributed by atoms with Crippen molar-refractivity contribution in [2.45, 2.75) is 31.8 Å². The predicted octanol–water partition coefficient (Wildman–Crippen LogP) is 0.977. The second-order valence-corrected chi connectivity index (χ2v) is 8.02. The molecule has 0 aromatic carbocycles. The molecule has 2 amide bonds. The number of rotatable bonds is 3. The Morgan fingerprint density at radius 1 is 1.32 bits per heavy atom. The first-order valence-corrected chi connectivity index (χ1v) is 10.0. The maximum atomic E-state index is 12.9. The van der Waals surface area contributed by atoms with Crippen LogP contribution in [0.25, 0.3) is 11.0 Å². The van der Waals surface area contributed by atoms with E-state index in [-0.39, 0.29) is 17.9 Å². The van der Waals surface area contributed by atoms with Gasteiger partial charge in [0.05, 0.1) is 18.4 Å². The first kappa shape index (κ1) is 17.6. The fourth-order valence-corrected chi connectivity index (χ4v) is 4.88. The summed E-state index contributed by atoms with van der Waals surface area (Å²) >= 11 is 0. The van der Waals surface area contributed by atoms with Gasteiger partial charge in [-0.2, -0.15) is 0 Å². The van der Waals surface area contributed by atoms with Gasteiger partial charge in [-0.3, -0.25) is 14.5 Å². The lowest BCUT2D eigenvalue weighted by atomic mass is 9.79. The Labute approximate surface area is 163 Å². The van der Waals surface area contributed by atoms with Gasteiger partial charge >= 0.3 is 0 Å². The minimum Gasteiger partial charge on any atom is -0.460 e. The van der Waals surface area contributed by atoms with Crippen molar-refractivity contribution in [2.24, 2.45) is 5.92 Å². The molecule has 0 saturated carbocycles. The third-order valence-electron chi connectivity index (χ3n) is 6.53. The van der Waals surface area contributed by atoms with Gasteiger partial charge < -0.3 is 20.0 Å². The summed E-state index contributed by atoms with van der Waals surface area (Å²) in [6.07, 6.45) is 5.42. The summed E-state index contributed by atoms with van der Waals surface area (Å²) in [5.41, 5.74) is 1.64. The average Bonchev–Trinajstić information content (AvgIpc) is 3.14. The van der Waals surface area contributed by atoms with E-state index in [1.54, 1.807) is 23.4 Å². The van der Waals surface area contributed by atoms with Crippen LogP contribution < -0.4 is 15.5 Å². The highest BCUT2D eigenvalue weighted by atomic mass is 16.3. The monoisotopic (exact) mass is 383 g/mol. The summed E-state index contributed by atoms with van der Waals surface area (Å²) in [6.45, 7) is 6.06. The van der Waals surface area contributed by atoms with Crippen LogP contribution in [0.1, 0.15) is 30.3 Å². The summed E-state index contributed by atoms with van der Waals surface area (Å²) in [7, 11) is 0. The summed E-state index contributed by atoms with van der Waals surface area (Å²) in [5, 5.41) is 7.03. The smallest absolute Gasteiger partial charge is 0.270 e. The molecule has 4 saturated heterocycles. The molecule has 0 spiro atoms. The maximum absolute atomic E-state index is 12.9. The van der Waals surface area contributed by atoms with E-state index in [9.17, 15) is 9.59 Å². The van der Waals surface area contributed by atoms with Gasteiger partial charge in [0.15, 0.2) is 5.58 Å². The van der Waals surface area contributed by atoms with Crippen molar-refractivity contribution < 1.29 is 14.0 Å². The molecular formula is C20H25N5O3. The van der Waals surface area contributed by atoms with E-state index in [4.69, 9.17) is 4.42 Å². The van der Waals surface area contributed by atoms with E-state index in [1.165, 1.54) is 0 Å². The van der Waals surface area contributed by atoms with Gasteiger partial charge in [-0.1, -0.05) is 0 Å². The number of furan rings is 1. The van der Waals surface area contributed by atoms with Crippen LogP contribution in [0.3, 0.4) is 0 Å². The first-order valence-electron chi connectivity index (χ1n) is 10.0. The number of anilines is 1. The van der Waals surface area contributed by atoms with Crippen molar-refractivity contribution in [1.29, 1.82) is 0 Å². The third kappa shape index (κ3) is 2.87. The summed E-state index contributed by atoms with van der Waals surface area (Å²) in [5.74, 6) is 0.375. The highest BCUT2D eigenvalue weighted by Crippen LogP contribution is 2.33. The molecule has 2 atom stereocenters. The maximum Gasteiger partial charge on any atom is 0.270 e. The van der Waals surface area contributed by atoms with E-state index < -0.39 is 0 Å². The van der Waals surface area contributed by atoms with Gasteiger partial charge in [-0.25, -0.2) is 4.98 Å². The second kappa shape index (κ2) is 6.86. The van der Waals surface area contributed by atoms with Crippen molar-refractivity contribution in [1.82, 2.24) is 20.5 Å². The second-order valence-electron chi connectivity index (χ2n) is 8.02. The number of pyridine rings is 1. The number of hydrogen-bond acceptors (Lipinski definition) is 6. The number of piperazine rings is 1. The van der Waals surface area contributed by atoms with Gasteiger partial charge in [0.2, 0.25) is 5.91 Å². The van der Waals surface area contributed by atoms with Gasteiger partial charge in [0.1, 0.15) is 12.0 Å². The molecule has 8 heteroatoms. The highest BCUT2D eigenvalue weighted by Gasteiger charge is 2.40. The quantitative estimate of drug-likeness (QED) is 0.821. The van der Waals surface area contributed by atoms with Crippen LogP contribution in [0.5, 0.6) is 0 Å². The van der Waals surface area contributed by atoms with Gasteiger partial charge in [-0.15, -0.1) is 0 Å². The standard InChI is InChI=1S/C20H25N5O3/c1-12-19(13-2-5-24(12)6-3-13)23-20(27)15-8-14-16(11-28-17(14)9-22-15)25-7-4-21-10-18(25)26/h8-9,11-13,19,21H,2-7,10H2,1H3,(H,23,27)/t12-,19-/m0/s1. The number of carbonyl (C=O) groups is 2. The van der Waals surface area contributed by atoms with Crippen molar-refractivity contribution in [3.63, 3.8) is 0 Å². The fourth-order valence-electron chi connectivity index (χ4n) is 4.88. The molecule has 6 heterocycles. The zero-order chi connectivity index (χ0) is 19.3. The predicted molar refractivity (Wildman–Crippen MR) is 104 cm³/mol. The van der Waals surface area contributed by atoms with E-state index in [0.717, 1.165) is 37.9 Å². The van der Waals surface area contributed by atoms with E-state index in [0.29, 0.717) is 42.0 Å². The largest absolute Gasteiger partial charge is 0.460 e. The van der Waals surface area contributed by atoms with Gasteiger partial charge in [-0.05, 0) is 44.8 Å². The molecule has 0 radical (unpaired) electrons. The van der Waals surface area contributed by atoms with Crippen LogP contribution in [0.4, 0.5) is 5.69 Å². The number of fused-ring (bicyclic) bond motifs is 4. The fraction of sp³-hybridized carbons (Fsp3) is 0.550. The van der Waals surface area contributed by atoms with Crippen molar-refractivity contribution in [2.75, 3.05) is 37.6 Å². The lowest BCUT2D eigenvalue weighted by Gasteiger charge is -2.49. The summed E-state index contributed by atoms with van der Waals surface area (Å²) in [6, 6.07) is 2.25. The SMILES string of the molecule is C[C@H]1[C@H](NC(=O)c2cc3c(N4CCNCC4=O)coc3cn2)C2CCN1CC2. The van der Waals surface area contributed by atoms with Crippen LogP contribution in [0.15, 0.2) is 22.9 Å². The molecule has 148 valence electrons. The minimum atomic E-state index is -0.161. The zero-order valence-electron chi connectivity index (χ0n) is 16.0. The number of hydrogen-bond donors (Lipinski definition) is 2. The molecule has 0 unspecified atom stereocenters. The Hall–Kier alpha value is -2.45. The lowest BCUT2D eigenvalue weighted by Crippen LogP contribution is -2.62. The van der Waals surface area contributed by atoms with Crippen LogP contribution in [0.2, 0.25) is 0 Å². The number of carbonyl (C=O) groups excluding carboxylic acids is 2.